The zero-order valence-corrected chi connectivity index (χ0v) is 10.9. The van der Waals surface area contributed by atoms with Gasteiger partial charge >= 0.3 is 6.09 Å². The minimum absolute atomic E-state index is 0.262. The van der Waals surface area contributed by atoms with Gasteiger partial charge in [-0.25, -0.2) is 14.8 Å². The number of aromatic nitrogens is 2. The molecule has 6 nitrogen and oxygen atoms in total. The molecular weight excluding hydrogens is 256 g/mol. The molecule has 0 N–H and O–H groups in total. The van der Waals surface area contributed by atoms with Crippen LogP contribution in [0.2, 0.25) is 5.15 Å². The van der Waals surface area contributed by atoms with Gasteiger partial charge in [-0.3, -0.25) is 0 Å². The molecule has 1 aliphatic heterocycles. The summed E-state index contributed by atoms with van der Waals surface area (Å²) in [6, 6.07) is 0. The van der Waals surface area contributed by atoms with Crippen LogP contribution in [-0.4, -0.2) is 53.7 Å². The maximum absolute atomic E-state index is 11.5. The molecule has 0 bridgehead atoms. The molecule has 2 heterocycles. The van der Waals surface area contributed by atoms with Gasteiger partial charge in [0.05, 0.1) is 6.61 Å². The largest absolute Gasteiger partial charge is 0.450 e. The Morgan fingerprint density at radius 1 is 1.33 bits per heavy atom. The van der Waals surface area contributed by atoms with Crippen LogP contribution in [-0.2, 0) is 4.74 Å². The van der Waals surface area contributed by atoms with Crippen LogP contribution in [0.25, 0.3) is 0 Å². The Morgan fingerprint density at radius 2 is 2.00 bits per heavy atom. The van der Waals surface area contributed by atoms with E-state index in [2.05, 4.69) is 9.97 Å². The van der Waals surface area contributed by atoms with E-state index in [0.717, 1.165) is 0 Å². The van der Waals surface area contributed by atoms with E-state index < -0.39 is 0 Å². The number of nitrogens with zero attached hydrogens (tertiary/aromatic N) is 4. The lowest BCUT2D eigenvalue weighted by atomic mass is 10.3. The van der Waals surface area contributed by atoms with E-state index in [0.29, 0.717) is 43.8 Å². The van der Waals surface area contributed by atoms with Gasteiger partial charge in [-0.05, 0) is 6.92 Å². The van der Waals surface area contributed by atoms with Gasteiger partial charge in [0.15, 0.2) is 11.0 Å². The third-order valence-electron chi connectivity index (χ3n) is 2.74. The monoisotopic (exact) mass is 270 g/mol. The van der Waals surface area contributed by atoms with Crippen LogP contribution in [0.4, 0.5) is 10.6 Å². The van der Waals surface area contributed by atoms with Gasteiger partial charge in [0.2, 0.25) is 0 Å². The highest BCUT2D eigenvalue weighted by Gasteiger charge is 2.23. The molecule has 0 saturated carbocycles. The lowest BCUT2D eigenvalue weighted by Crippen LogP contribution is -2.49. The highest BCUT2D eigenvalue weighted by atomic mass is 35.5. The highest BCUT2D eigenvalue weighted by Crippen LogP contribution is 2.21. The Balaban J connectivity index is 1.95. The Kier molecular flexibility index (Phi) is 4.19. The smallest absolute Gasteiger partial charge is 0.409 e. The average Bonchev–Trinajstić information content (AvgIpc) is 2.40. The Morgan fingerprint density at radius 3 is 2.61 bits per heavy atom. The van der Waals surface area contributed by atoms with Crippen LogP contribution in [0.15, 0.2) is 12.4 Å². The average molecular weight is 271 g/mol. The van der Waals surface area contributed by atoms with Gasteiger partial charge < -0.3 is 14.5 Å². The molecule has 1 aliphatic rings. The van der Waals surface area contributed by atoms with Crippen molar-refractivity contribution in [3.8, 4) is 0 Å². The first-order valence-corrected chi connectivity index (χ1v) is 6.23. The lowest BCUT2D eigenvalue weighted by Gasteiger charge is -2.34. The van der Waals surface area contributed by atoms with Crippen molar-refractivity contribution in [2.45, 2.75) is 6.92 Å². The number of hydrogen-bond donors (Lipinski definition) is 0. The fraction of sp³-hybridized carbons (Fsp3) is 0.545. The fourth-order valence-electron chi connectivity index (χ4n) is 1.84. The van der Waals surface area contributed by atoms with Crippen LogP contribution in [0, 0.1) is 0 Å². The minimum atomic E-state index is -0.262. The summed E-state index contributed by atoms with van der Waals surface area (Å²) < 4.78 is 4.96. The molecule has 1 saturated heterocycles. The van der Waals surface area contributed by atoms with Gasteiger partial charge in [-0.15, -0.1) is 0 Å². The summed E-state index contributed by atoms with van der Waals surface area (Å²) in [5, 5.41) is 0.391. The zero-order valence-electron chi connectivity index (χ0n) is 10.2. The summed E-state index contributed by atoms with van der Waals surface area (Å²) in [5.41, 5.74) is 0. The van der Waals surface area contributed by atoms with Crippen LogP contribution < -0.4 is 4.90 Å². The maximum atomic E-state index is 11.5. The van der Waals surface area contributed by atoms with Gasteiger partial charge in [0.1, 0.15) is 0 Å². The molecule has 1 aromatic heterocycles. The topological polar surface area (TPSA) is 58.6 Å². The number of anilines is 1. The molecule has 2 rings (SSSR count). The van der Waals surface area contributed by atoms with Crippen LogP contribution in [0.1, 0.15) is 6.92 Å². The number of carbonyl (C=O) groups excluding carboxylic acids is 1. The zero-order chi connectivity index (χ0) is 13.0. The first kappa shape index (κ1) is 12.9. The minimum Gasteiger partial charge on any atom is -0.450 e. The molecule has 18 heavy (non-hydrogen) atoms. The second-order valence-electron chi connectivity index (χ2n) is 3.84. The van der Waals surface area contributed by atoms with Crippen molar-refractivity contribution in [3.63, 3.8) is 0 Å². The summed E-state index contributed by atoms with van der Waals surface area (Å²) in [6.07, 6.45) is 2.90. The normalized spacial score (nSPS) is 15.7. The number of amides is 1. The predicted molar refractivity (Wildman–Crippen MR) is 67.9 cm³/mol. The molecule has 98 valence electrons. The van der Waals surface area contributed by atoms with Gasteiger partial charge in [0.25, 0.3) is 0 Å². The standard InChI is InChI=1S/C11H15ClN4O2/c1-2-18-11(17)16-7-5-15(6-8-16)10-9(12)13-3-4-14-10/h3-4H,2,5-8H2,1H3. The van der Waals surface area contributed by atoms with Crippen LogP contribution in [0.3, 0.4) is 0 Å². The van der Waals surface area contributed by atoms with E-state index in [1.54, 1.807) is 24.2 Å². The summed E-state index contributed by atoms with van der Waals surface area (Å²) in [6.45, 7) is 4.76. The van der Waals surface area contributed by atoms with E-state index in [-0.39, 0.29) is 6.09 Å². The fourth-order valence-corrected chi connectivity index (χ4v) is 2.07. The first-order valence-electron chi connectivity index (χ1n) is 5.85. The van der Waals surface area contributed by atoms with Crippen molar-refractivity contribution in [3.05, 3.63) is 17.5 Å². The van der Waals surface area contributed by atoms with Crippen LogP contribution in [0.5, 0.6) is 0 Å². The van der Waals surface area contributed by atoms with E-state index in [9.17, 15) is 4.79 Å². The van der Waals surface area contributed by atoms with Gasteiger partial charge in [0, 0.05) is 38.6 Å². The molecule has 1 aromatic rings. The van der Waals surface area contributed by atoms with E-state index >= 15 is 0 Å². The molecule has 1 fully saturated rings. The SMILES string of the molecule is CCOC(=O)N1CCN(c2nccnc2Cl)CC1. The Labute approximate surface area is 111 Å². The maximum Gasteiger partial charge on any atom is 0.409 e. The molecule has 0 unspecified atom stereocenters. The second kappa shape index (κ2) is 5.86. The number of piperazine rings is 1. The summed E-state index contributed by atoms with van der Waals surface area (Å²) in [5.74, 6) is 0.669. The molecule has 0 aromatic carbocycles. The predicted octanol–water partition coefficient (Wildman–Crippen LogP) is 1.41. The van der Waals surface area contributed by atoms with Crippen molar-refractivity contribution in [1.29, 1.82) is 0 Å². The number of carbonyl (C=O) groups is 1. The number of ether oxygens (including phenoxy) is 1. The molecule has 1 amide bonds. The summed E-state index contributed by atoms with van der Waals surface area (Å²) in [4.78, 5) is 23.4. The van der Waals surface area contributed by atoms with E-state index in [4.69, 9.17) is 16.3 Å². The third-order valence-corrected chi connectivity index (χ3v) is 3.01. The summed E-state index contributed by atoms with van der Waals surface area (Å²) >= 11 is 5.99. The van der Waals surface area contributed by atoms with Crippen LogP contribution >= 0.6 is 11.6 Å². The molecular formula is C11H15ClN4O2. The molecule has 0 radical (unpaired) electrons. The summed E-state index contributed by atoms with van der Waals surface area (Å²) in [7, 11) is 0. The van der Waals surface area contributed by atoms with Gasteiger partial charge in [-0.2, -0.15) is 0 Å². The van der Waals surface area contributed by atoms with Crippen molar-refractivity contribution >= 4 is 23.5 Å². The lowest BCUT2D eigenvalue weighted by molar-refractivity contribution is 0.105. The van der Waals surface area contributed by atoms with E-state index in [1.165, 1.54) is 0 Å². The second-order valence-corrected chi connectivity index (χ2v) is 4.20. The quantitative estimate of drug-likeness (QED) is 0.813. The van der Waals surface area contributed by atoms with Crippen molar-refractivity contribution in [1.82, 2.24) is 14.9 Å². The van der Waals surface area contributed by atoms with Crippen molar-refractivity contribution < 1.29 is 9.53 Å². The number of halogens is 1. The Bertz CT molecular complexity index is 421. The Hall–Kier alpha value is -1.56. The third kappa shape index (κ3) is 2.81. The number of rotatable bonds is 2. The molecule has 0 atom stereocenters. The first-order chi connectivity index (χ1) is 8.72. The molecule has 7 heteroatoms. The molecule has 0 spiro atoms. The number of hydrogen-bond acceptors (Lipinski definition) is 5. The molecule has 0 aliphatic carbocycles. The van der Waals surface area contributed by atoms with Crippen molar-refractivity contribution in [2.24, 2.45) is 0 Å². The van der Waals surface area contributed by atoms with Crippen molar-refractivity contribution in [2.75, 3.05) is 37.7 Å². The highest BCUT2D eigenvalue weighted by molar-refractivity contribution is 6.31. The van der Waals surface area contributed by atoms with E-state index in [1.807, 2.05) is 4.90 Å². The van der Waals surface area contributed by atoms with Gasteiger partial charge in [-0.1, -0.05) is 11.6 Å².